The van der Waals surface area contributed by atoms with Crippen LogP contribution < -0.4 is 0 Å². The van der Waals surface area contributed by atoms with E-state index in [2.05, 4.69) is 0 Å². The van der Waals surface area contributed by atoms with Crippen LogP contribution in [0.2, 0.25) is 0 Å². The molecule has 2 amide bonds. The van der Waals surface area contributed by atoms with Gasteiger partial charge in [0, 0.05) is 11.6 Å². The lowest BCUT2D eigenvalue weighted by atomic mass is 9.88. The molecule has 1 fully saturated rings. The smallest absolute Gasteiger partial charge is 0.256 e. The molecule has 0 saturated carbocycles. The molecular formula is C20H17NO3. The van der Waals surface area contributed by atoms with Gasteiger partial charge in [-0.25, -0.2) is 0 Å². The summed E-state index contributed by atoms with van der Waals surface area (Å²) in [4.78, 5) is 25.4. The molecule has 1 saturated heterocycles. The third kappa shape index (κ3) is 2.19. The van der Waals surface area contributed by atoms with E-state index in [1.165, 1.54) is 11.0 Å². The average Bonchev–Trinajstić information content (AvgIpc) is 3.30. The molecule has 0 radical (unpaired) electrons. The Morgan fingerprint density at radius 3 is 1.96 bits per heavy atom. The van der Waals surface area contributed by atoms with Crippen molar-refractivity contribution in [3.05, 3.63) is 83.4 Å². The van der Waals surface area contributed by atoms with Crippen molar-refractivity contribution in [3.63, 3.8) is 0 Å². The molecule has 2 aromatic carbocycles. The van der Waals surface area contributed by atoms with Crippen LogP contribution in [0.25, 0.3) is 0 Å². The molecule has 0 aliphatic carbocycles. The number of amides is 2. The summed E-state index contributed by atoms with van der Waals surface area (Å²) in [6.45, 7) is 1.92. The zero-order valence-electron chi connectivity index (χ0n) is 13.3. The van der Waals surface area contributed by atoms with Gasteiger partial charge in [-0.3, -0.25) is 14.5 Å². The van der Waals surface area contributed by atoms with E-state index < -0.39 is 5.60 Å². The fraction of sp³-hybridized carbons (Fsp3) is 0.200. The highest BCUT2D eigenvalue weighted by molar-refractivity contribution is 6.15. The summed E-state index contributed by atoms with van der Waals surface area (Å²) in [6.07, 6.45) is 1.15. The number of ether oxygens (including phenoxy) is 1. The first kappa shape index (κ1) is 14.8. The Hall–Kier alpha value is -2.72. The van der Waals surface area contributed by atoms with Crippen LogP contribution in [0.5, 0.6) is 0 Å². The summed E-state index contributed by atoms with van der Waals surface area (Å²) in [5.74, 6) is -0.492. The topological polar surface area (TPSA) is 49.9 Å². The Morgan fingerprint density at radius 2 is 1.50 bits per heavy atom. The highest BCUT2D eigenvalue weighted by Gasteiger charge is 2.60. The fourth-order valence-corrected chi connectivity index (χ4v) is 3.38. The Balaban J connectivity index is 1.66. The van der Waals surface area contributed by atoms with Crippen molar-refractivity contribution in [2.45, 2.75) is 18.6 Å². The first-order chi connectivity index (χ1) is 11.6. The van der Waals surface area contributed by atoms with Crippen molar-refractivity contribution in [1.82, 2.24) is 4.90 Å². The SMILES string of the molecule is CC1=CC(=O)N(CC2OC2(c2ccccc2)c2ccccc2)C1=O. The molecule has 120 valence electrons. The third-order valence-corrected chi connectivity index (χ3v) is 4.67. The number of hydrogen-bond acceptors (Lipinski definition) is 3. The van der Waals surface area contributed by atoms with Gasteiger partial charge in [0.25, 0.3) is 11.8 Å². The van der Waals surface area contributed by atoms with Crippen molar-refractivity contribution in [3.8, 4) is 0 Å². The molecule has 0 aromatic heterocycles. The standard InChI is InChI=1S/C20H17NO3/c1-14-12-18(22)21(19(14)23)13-17-20(24-17,15-8-4-2-5-9-15)16-10-6-3-7-11-16/h2-12,17H,13H2,1H3. The number of hydrogen-bond donors (Lipinski definition) is 0. The lowest BCUT2D eigenvalue weighted by molar-refractivity contribution is -0.137. The Morgan fingerprint density at radius 1 is 0.958 bits per heavy atom. The number of rotatable bonds is 4. The summed E-state index contributed by atoms with van der Waals surface area (Å²) < 4.78 is 6.10. The maximum absolute atomic E-state index is 12.1. The molecule has 4 nitrogen and oxygen atoms in total. The number of epoxide rings is 1. The van der Waals surface area contributed by atoms with Crippen LogP contribution in [-0.4, -0.2) is 29.4 Å². The minimum atomic E-state index is -0.598. The maximum atomic E-state index is 12.1. The van der Waals surface area contributed by atoms with Gasteiger partial charge in [-0.2, -0.15) is 0 Å². The lowest BCUT2D eigenvalue weighted by Crippen LogP contribution is -2.36. The molecule has 4 rings (SSSR count). The molecule has 2 aromatic rings. The van der Waals surface area contributed by atoms with Gasteiger partial charge in [0.1, 0.15) is 11.7 Å². The molecule has 0 bridgehead atoms. The van der Waals surface area contributed by atoms with Gasteiger partial charge in [0.2, 0.25) is 0 Å². The zero-order chi connectivity index (χ0) is 16.7. The van der Waals surface area contributed by atoms with Crippen LogP contribution in [-0.2, 0) is 19.9 Å². The Kier molecular flexibility index (Phi) is 3.36. The van der Waals surface area contributed by atoms with Crippen molar-refractivity contribution < 1.29 is 14.3 Å². The van der Waals surface area contributed by atoms with Crippen LogP contribution in [0.1, 0.15) is 18.1 Å². The van der Waals surface area contributed by atoms with Crippen molar-refractivity contribution in [1.29, 1.82) is 0 Å². The highest BCUT2D eigenvalue weighted by Crippen LogP contribution is 2.52. The Bertz CT molecular complexity index is 787. The van der Waals surface area contributed by atoms with E-state index in [4.69, 9.17) is 4.74 Å². The van der Waals surface area contributed by atoms with E-state index in [1.54, 1.807) is 6.92 Å². The summed E-state index contributed by atoms with van der Waals surface area (Å²) in [5.41, 5.74) is 1.94. The zero-order valence-corrected chi connectivity index (χ0v) is 13.3. The second-order valence-corrected chi connectivity index (χ2v) is 6.16. The minimum Gasteiger partial charge on any atom is -0.354 e. The first-order valence-corrected chi connectivity index (χ1v) is 7.96. The molecule has 24 heavy (non-hydrogen) atoms. The molecule has 2 aliphatic heterocycles. The molecule has 0 N–H and O–H groups in total. The molecular weight excluding hydrogens is 302 g/mol. The third-order valence-electron chi connectivity index (χ3n) is 4.67. The second-order valence-electron chi connectivity index (χ2n) is 6.16. The maximum Gasteiger partial charge on any atom is 0.256 e. The molecule has 4 heteroatoms. The van der Waals surface area contributed by atoms with E-state index in [9.17, 15) is 9.59 Å². The van der Waals surface area contributed by atoms with Crippen molar-refractivity contribution in [2.75, 3.05) is 6.54 Å². The van der Waals surface area contributed by atoms with Crippen molar-refractivity contribution >= 4 is 11.8 Å². The van der Waals surface area contributed by atoms with Crippen LogP contribution in [0.15, 0.2) is 72.3 Å². The molecule has 0 spiro atoms. The summed E-state index contributed by atoms with van der Waals surface area (Å²) in [5, 5.41) is 0. The molecule has 2 heterocycles. The molecule has 1 atom stereocenters. The number of benzene rings is 2. The number of nitrogens with zero attached hydrogens (tertiary/aromatic N) is 1. The van der Waals surface area contributed by atoms with E-state index in [-0.39, 0.29) is 24.5 Å². The minimum absolute atomic E-state index is 0.231. The van der Waals surface area contributed by atoms with E-state index >= 15 is 0 Å². The summed E-state index contributed by atoms with van der Waals surface area (Å²) in [6, 6.07) is 19.9. The van der Waals surface area contributed by atoms with Gasteiger partial charge < -0.3 is 4.74 Å². The van der Waals surface area contributed by atoms with Crippen LogP contribution in [0.4, 0.5) is 0 Å². The predicted molar refractivity (Wildman–Crippen MR) is 89.0 cm³/mol. The van der Waals surface area contributed by atoms with Crippen LogP contribution >= 0.6 is 0 Å². The largest absolute Gasteiger partial charge is 0.354 e. The van der Waals surface area contributed by atoms with Crippen LogP contribution in [0.3, 0.4) is 0 Å². The number of carbonyl (C=O) groups excluding carboxylic acids is 2. The second kappa shape index (κ2) is 5.42. The van der Waals surface area contributed by atoms with Gasteiger partial charge in [-0.05, 0) is 18.1 Å². The number of carbonyl (C=O) groups is 2. The lowest BCUT2D eigenvalue weighted by Gasteiger charge is -2.17. The molecule has 2 aliphatic rings. The summed E-state index contributed by atoms with van der Waals surface area (Å²) in [7, 11) is 0. The predicted octanol–water partition coefficient (Wildman–Crippen LogP) is 2.64. The van der Waals surface area contributed by atoms with Crippen LogP contribution in [0, 0.1) is 0 Å². The van der Waals surface area contributed by atoms with E-state index in [1.807, 2.05) is 60.7 Å². The average molecular weight is 319 g/mol. The normalized spacial score (nSPS) is 21.8. The van der Waals surface area contributed by atoms with Crippen molar-refractivity contribution in [2.24, 2.45) is 0 Å². The fourth-order valence-electron chi connectivity index (χ4n) is 3.38. The molecule has 1 unspecified atom stereocenters. The summed E-state index contributed by atoms with van der Waals surface area (Å²) >= 11 is 0. The van der Waals surface area contributed by atoms with E-state index in [0.29, 0.717) is 5.57 Å². The van der Waals surface area contributed by atoms with Gasteiger partial charge >= 0.3 is 0 Å². The van der Waals surface area contributed by atoms with Gasteiger partial charge in [-0.15, -0.1) is 0 Å². The quantitative estimate of drug-likeness (QED) is 0.643. The number of imide groups is 1. The highest BCUT2D eigenvalue weighted by atomic mass is 16.6. The monoisotopic (exact) mass is 319 g/mol. The Labute approximate surface area is 140 Å². The first-order valence-electron chi connectivity index (χ1n) is 7.96. The van der Waals surface area contributed by atoms with E-state index in [0.717, 1.165) is 11.1 Å². The van der Waals surface area contributed by atoms with Gasteiger partial charge in [0.15, 0.2) is 0 Å². The van der Waals surface area contributed by atoms with Gasteiger partial charge in [-0.1, -0.05) is 60.7 Å². The van der Waals surface area contributed by atoms with Gasteiger partial charge in [0.05, 0.1) is 6.54 Å².